The second kappa shape index (κ2) is 7.23. The highest BCUT2D eigenvalue weighted by Gasteiger charge is 2.16. The summed E-state index contributed by atoms with van der Waals surface area (Å²) in [6.07, 6.45) is 0. The van der Waals surface area contributed by atoms with Gasteiger partial charge in [0.05, 0.1) is 17.6 Å². The van der Waals surface area contributed by atoms with Crippen LogP contribution in [0.4, 0.5) is 0 Å². The number of pyridine rings is 1. The molecule has 0 aliphatic carbocycles. The van der Waals surface area contributed by atoms with Crippen molar-refractivity contribution in [3.05, 3.63) is 58.8 Å². The van der Waals surface area contributed by atoms with E-state index in [0.717, 1.165) is 0 Å². The first-order valence-electron chi connectivity index (χ1n) is 8.84. The SMILES string of the molecule is CC(C)(C)NC(=O)CNC(=O)Cn1c2ccccc2c(=O)c2ccccc21. The van der Waals surface area contributed by atoms with Gasteiger partial charge < -0.3 is 15.2 Å². The van der Waals surface area contributed by atoms with Gasteiger partial charge in [-0.3, -0.25) is 14.4 Å². The van der Waals surface area contributed by atoms with Crippen molar-refractivity contribution in [2.24, 2.45) is 0 Å². The molecule has 0 bridgehead atoms. The summed E-state index contributed by atoms with van der Waals surface area (Å²) >= 11 is 0. The summed E-state index contributed by atoms with van der Waals surface area (Å²) in [5, 5.41) is 6.58. The van der Waals surface area contributed by atoms with Crippen molar-refractivity contribution in [2.45, 2.75) is 32.9 Å². The van der Waals surface area contributed by atoms with Gasteiger partial charge in [0.25, 0.3) is 0 Å². The molecule has 0 radical (unpaired) electrons. The first-order chi connectivity index (χ1) is 12.8. The van der Waals surface area contributed by atoms with Crippen LogP contribution in [0.1, 0.15) is 20.8 Å². The smallest absolute Gasteiger partial charge is 0.240 e. The quantitative estimate of drug-likeness (QED) is 0.696. The van der Waals surface area contributed by atoms with Crippen LogP contribution in [0.3, 0.4) is 0 Å². The number of hydrogen-bond acceptors (Lipinski definition) is 3. The van der Waals surface area contributed by atoms with Crippen molar-refractivity contribution in [3.63, 3.8) is 0 Å². The lowest BCUT2D eigenvalue weighted by molar-refractivity contribution is -0.127. The molecule has 6 nitrogen and oxygen atoms in total. The zero-order valence-corrected chi connectivity index (χ0v) is 15.7. The normalized spacial score (nSPS) is 11.5. The number of carbonyl (C=O) groups excluding carboxylic acids is 2. The fourth-order valence-electron chi connectivity index (χ4n) is 3.09. The average molecular weight is 365 g/mol. The Morgan fingerprint density at radius 3 is 1.93 bits per heavy atom. The summed E-state index contributed by atoms with van der Waals surface area (Å²) in [5.41, 5.74) is 0.973. The predicted octanol–water partition coefficient (Wildman–Crippen LogP) is 2.19. The van der Waals surface area contributed by atoms with Crippen LogP contribution < -0.4 is 16.1 Å². The van der Waals surface area contributed by atoms with E-state index in [1.165, 1.54) is 0 Å². The lowest BCUT2D eigenvalue weighted by atomic mass is 10.1. The Labute approximate surface area is 157 Å². The van der Waals surface area contributed by atoms with Crippen molar-refractivity contribution >= 4 is 33.6 Å². The van der Waals surface area contributed by atoms with Crippen LogP contribution in [-0.4, -0.2) is 28.5 Å². The Morgan fingerprint density at radius 2 is 1.41 bits per heavy atom. The lowest BCUT2D eigenvalue weighted by Crippen LogP contribution is -2.46. The topological polar surface area (TPSA) is 80.2 Å². The molecule has 3 aromatic rings. The highest BCUT2D eigenvalue weighted by Crippen LogP contribution is 2.18. The maximum atomic E-state index is 12.7. The van der Waals surface area contributed by atoms with Gasteiger partial charge in [0.2, 0.25) is 11.8 Å². The van der Waals surface area contributed by atoms with Gasteiger partial charge >= 0.3 is 0 Å². The number of aromatic nitrogens is 1. The second-order valence-corrected chi connectivity index (χ2v) is 7.52. The first kappa shape index (κ1) is 18.6. The highest BCUT2D eigenvalue weighted by atomic mass is 16.2. The number of carbonyl (C=O) groups is 2. The van der Waals surface area contributed by atoms with Gasteiger partial charge in [-0.05, 0) is 45.0 Å². The molecule has 27 heavy (non-hydrogen) atoms. The average Bonchev–Trinajstić information content (AvgIpc) is 2.62. The zero-order valence-electron chi connectivity index (χ0n) is 15.7. The van der Waals surface area contributed by atoms with E-state index in [9.17, 15) is 14.4 Å². The van der Waals surface area contributed by atoms with Crippen molar-refractivity contribution in [1.29, 1.82) is 0 Å². The number of benzene rings is 2. The van der Waals surface area contributed by atoms with Gasteiger partial charge in [0.15, 0.2) is 5.43 Å². The summed E-state index contributed by atoms with van der Waals surface area (Å²) in [6, 6.07) is 14.4. The van der Waals surface area contributed by atoms with E-state index in [1.807, 2.05) is 49.6 Å². The first-order valence-corrected chi connectivity index (χ1v) is 8.84. The molecule has 0 saturated heterocycles. The standard InChI is InChI=1S/C21H23N3O3/c1-21(2,3)23-18(25)12-22-19(26)13-24-16-10-6-4-8-14(16)20(27)15-9-5-7-11-17(15)24/h4-11H,12-13H2,1-3H3,(H,22,26)(H,23,25). The molecule has 0 spiro atoms. The van der Waals surface area contributed by atoms with Gasteiger partial charge in [0.1, 0.15) is 6.54 Å². The number of nitrogens with one attached hydrogen (secondary N) is 2. The molecule has 0 fully saturated rings. The predicted molar refractivity (Wildman–Crippen MR) is 107 cm³/mol. The van der Waals surface area contributed by atoms with Crippen molar-refractivity contribution < 1.29 is 9.59 Å². The highest BCUT2D eigenvalue weighted by molar-refractivity contribution is 5.95. The van der Waals surface area contributed by atoms with Gasteiger partial charge in [-0.2, -0.15) is 0 Å². The molecular weight excluding hydrogens is 342 g/mol. The van der Waals surface area contributed by atoms with E-state index in [2.05, 4.69) is 10.6 Å². The number of nitrogens with zero attached hydrogens (tertiary/aromatic N) is 1. The summed E-state index contributed by atoms with van der Waals surface area (Å²) in [7, 11) is 0. The van der Waals surface area contributed by atoms with E-state index in [4.69, 9.17) is 0 Å². The molecule has 2 amide bonds. The molecule has 1 aromatic heterocycles. The van der Waals surface area contributed by atoms with Gasteiger partial charge in [0, 0.05) is 16.3 Å². The molecule has 1 heterocycles. The fraction of sp³-hybridized carbons (Fsp3) is 0.286. The number of fused-ring (bicyclic) bond motifs is 2. The van der Waals surface area contributed by atoms with Gasteiger partial charge in [-0.15, -0.1) is 0 Å². The molecule has 2 aromatic carbocycles. The Morgan fingerprint density at radius 1 is 0.889 bits per heavy atom. The molecular formula is C21H23N3O3. The minimum atomic E-state index is -0.354. The monoisotopic (exact) mass is 365 g/mol. The summed E-state index contributed by atoms with van der Waals surface area (Å²) in [5.74, 6) is -0.538. The molecule has 0 unspecified atom stereocenters. The number of amides is 2. The Balaban J connectivity index is 1.90. The van der Waals surface area contributed by atoms with Crippen LogP contribution in [0, 0.1) is 0 Å². The molecule has 140 valence electrons. The van der Waals surface area contributed by atoms with Crippen LogP contribution in [0.15, 0.2) is 53.3 Å². The summed E-state index contributed by atoms with van der Waals surface area (Å²) in [6.45, 7) is 5.57. The molecule has 0 aliphatic rings. The van der Waals surface area contributed by atoms with Gasteiger partial charge in [-0.1, -0.05) is 24.3 Å². The number of hydrogen-bond donors (Lipinski definition) is 2. The van der Waals surface area contributed by atoms with Crippen molar-refractivity contribution in [1.82, 2.24) is 15.2 Å². The van der Waals surface area contributed by atoms with Crippen LogP contribution >= 0.6 is 0 Å². The molecule has 3 rings (SSSR count). The van der Waals surface area contributed by atoms with Crippen molar-refractivity contribution in [3.8, 4) is 0 Å². The van der Waals surface area contributed by atoms with Crippen LogP contribution in [0.2, 0.25) is 0 Å². The summed E-state index contributed by atoms with van der Waals surface area (Å²) < 4.78 is 1.81. The molecule has 2 N–H and O–H groups in total. The Bertz CT molecular complexity index is 1020. The lowest BCUT2D eigenvalue weighted by Gasteiger charge is -2.20. The molecule has 0 aliphatic heterocycles. The molecule has 0 saturated carbocycles. The summed E-state index contributed by atoms with van der Waals surface area (Å²) in [4.78, 5) is 37.1. The van der Waals surface area contributed by atoms with Gasteiger partial charge in [-0.25, -0.2) is 0 Å². The van der Waals surface area contributed by atoms with E-state index in [1.54, 1.807) is 24.3 Å². The third-order valence-electron chi connectivity index (χ3n) is 4.14. The largest absolute Gasteiger partial charge is 0.350 e. The fourth-order valence-corrected chi connectivity index (χ4v) is 3.09. The Hall–Kier alpha value is -3.15. The van der Waals surface area contributed by atoms with Crippen LogP contribution in [0.25, 0.3) is 21.8 Å². The number of para-hydroxylation sites is 2. The Kier molecular flexibility index (Phi) is 4.99. The van der Waals surface area contributed by atoms with Crippen LogP contribution in [-0.2, 0) is 16.1 Å². The second-order valence-electron chi connectivity index (χ2n) is 7.52. The third kappa shape index (κ3) is 4.16. The third-order valence-corrected chi connectivity index (χ3v) is 4.14. The molecule has 0 atom stereocenters. The number of rotatable bonds is 4. The van der Waals surface area contributed by atoms with Crippen LogP contribution in [0.5, 0.6) is 0 Å². The zero-order chi connectivity index (χ0) is 19.6. The maximum absolute atomic E-state index is 12.7. The molecule has 6 heteroatoms. The van der Waals surface area contributed by atoms with E-state index in [0.29, 0.717) is 21.8 Å². The van der Waals surface area contributed by atoms with E-state index in [-0.39, 0.29) is 35.9 Å². The maximum Gasteiger partial charge on any atom is 0.240 e. The minimum absolute atomic E-state index is 0.0180. The van der Waals surface area contributed by atoms with E-state index >= 15 is 0 Å². The van der Waals surface area contributed by atoms with Crippen molar-refractivity contribution in [2.75, 3.05) is 6.54 Å². The minimum Gasteiger partial charge on any atom is -0.350 e. The van der Waals surface area contributed by atoms with E-state index < -0.39 is 0 Å².